The predicted molar refractivity (Wildman–Crippen MR) is 48.7 cm³/mol. The topological polar surface area (TPSA) is 29.5 Å². The Labute approximate surface area is 85.3 Å². The Morgan fingerprint density at radius 1 is 1.40 bits per heavy atom. The molecule has 0 radical (unpaired) electrons. The Hall–Kier alpha value is -1.23. The van der Waals surface area contributed by atoms with Crippen molar-refractivity contribution in [3.8, 4) is 5.75 Å². The van der Waals surface area contributed by atoms with Crippen molar-refractivity contribution in [1.29, 1.82) is 0 Å². The van der Waals surface area contributed by atoms with Crippen molar-refractivity contribution >= 4 is 0 Å². The maximum atomic E-state index is 12.3. The Morgan fingerprint density at radius 2 is 2.07 bits per heavy atom. The van der Waals surface area contributed by atoms with Gasteiger partial charge in [0.2, 0.25) is 0 Å². The lowest BCUT2D eigenvalue weighted by Crippen LogP contribution is -2.32. The molecule has 1 aromatic carbocycles. The highest BCUT2D eigenvalue weighted by atomic mass is 19.4. The van der Waals surface area contributed by atoms with E-state index in [-0.39, 0.29) is 12.2 Å². The monoisotopic (exact) mass is 220 g/mol. The van der Waals surface area contributed by atoms with Crippen LogP contribution in [-0.2, 0) is 11.2 Å². The van der Waals surface area contributed by atoms with Crippen LogP contribution in [0.2, 0.25) is 0 Å². The zero-order valence-electron chi connectivity index (χ0n) is 8.08. The molecule has 0 heterocycles. The molecule has 0 aliphatic heterocycles. The van der Waals surface area contributed by atoms with Crippen LogP contribution >= 0.6 is 0 Å². The second-order valence-electron chi connectivity index (χ2n) is 3.14. The minimum Gasteiger partial charge on any atom is -0.508 e. The maximum absolute atomic E-state index is 12.3. The first-order valence-electron chi connectivity index (χ1n) is 4.31. The third-order valence-corrected chi connectivity index (χ3v) is 1.98. The normalized spacial score (nSPS) is 13.9. The van der Waals surface area contributed by atoms with E-state index in [4.69, 9.17) is 5.11 Å². The zero-order valence-corrected chi connectivity index (χ0v) is 8.08. The number of phenols is 1. The van der Waals surface area contributed by atoms with Crippen LogP contribution in [0, 0.1) is 0 Å². The number of rotatable bonds is 3. The van der Waals surface area contributed by atoms with Crippen molar-refractivity contribution < 1.29 is 23.0 Å². The largest absolute Gasteiger partial charge is 0.508 e. The molecule has 5 heteroatoms. The molecule has 0 aliphatic carbocycles. The van der Waals surface area contributed by atoms with Gasteiger partial charge in [0.25, 0.3) is 0 Å². The van der Waals surface area contributed by atoms with E-state index in [0.717, 1.165) is 7.11 Å². The van der Waals surface area contributed by atoms with Crippen LogP contribution in [0.4, 0.5) is 13.2 Å². The van der Waals surface area contributed by atoms with E-state index in [1.54, 1.807) is 0 Å². The molecule has 0 spiro atoms. The third kappa shape index (κ3) is 3.43. The van der Waals surface area contributed by atoms with Gasteiger partial charge in [0.05, 0.1) is 0 Å². The van der Waals surface area contributed by atoms with Gasteiger partial charge in [0.15, 0.2) is 6.10 Å². The first-order valence-corrected chi connectivity index (χ1v) is 4.31. The van der Waals surface area contributed by atoms with Crippen LogP contribution in [0.15, 0.2) is 24.3 Å². The molecular formula is C10H11F3O2. The summed E-state index contributed by atoms with van der Waals surface area (Å²) in [5.74, 6) is -0.0514. The molecule has 1 rings (SSSR count). The summed E-state index contributed by atoms with van der Waals surface area (Å²) in [5, 5.41) is 9.08. The van der Waals surface area contributed by atoms with Crippen molar-refractivity contribution in [3.63, 3.8) is 0 Å². The number of hydrogen-bond donors (Lipinski definition) is 1. The summed E-state index contributed by atoms with van der Waals surface area (Å²) in [5.41, 5.74) is 0.388. The fourth-order valence-electron chi connectivity index (χ4n) is 1.23. The van der Waals surface area contributed by atoms with Crippen LogP contribution in [0.3, 0.4) is 0 Å². The Balaban J connectivity index is 2.76. The molecule has 2 nitrogen and oxygen atoms in total. The molecule has 1 aromatic rings. The Bertz CT molecular complexity index is 323. The molecule has 0 saturated carbocycles. The van der Waals surface area contributed by atoms with Gasteiger partial charge in [-0.25, -0.2) is 0 Å². The summed E-state index contributed by atoms with van der Waals surface area (Å²) in [7, 11) is 1.01. The first-order chi connectivity index (χ1) is 6.93. The molecular weight excluding hydrogens is 209 g/mol. The van der Waals surface area contributed by atoms with Gasteiger partial charge < -0.3 is 9.84 Å². The standard InChI is InChI=1S/C10H11F3O2/c1-15-9(10(11,12)13)6-7-3-2-4-8(14)5-7/h2-5,9,14H,6H2,1H3. The van der Waals surface area contributed by atoms with Crippen LogP contribution in [0.5, 0.6) is 5.75 Å². The highest BCUT2D eigenvalue weighted by Crippen LogP contribution is 2.26. The quantitative estimate of drug-likeness (QED) is 0.848. The molecule has 1 unspecified atom stereocenters. The number of phenolic OH excluding ortho intramolecular Hbond substituents is 1. The van der Waals surface area contributed by atoms with Gasteiger partial charge in [-0.15, -0.1) is 0 Å². The highest BCUT2D eigenvalue weighted by Gasteiger charge is 2.39. The summed E-state index contributed by atoms with van der Waals surface area (Å²) >= 11 is 0. The molecule has 0 amide bonds. The summed E-state index contributed by atoms with van der Waals surface area (Å²) in [6, 6.07) is 5.70. The molecule has 84 valence electrons. The zero-order chi connectivity index (χ0) is 11.5. The van der Waals surface area contributed by atoms with Crippen molar-refractivity contribution in [2.75, 3.05) is 7.11 Å². The van der Waals surface area contributed by atoms with E-state index in [1.807, 2.05) is 0 Å². The van der Waals surface area contributed by atoms with Gasteiger partial charge in [-0.3, -0.25) is 0 Å². The lowest BCUT2D eigenvalue weighted by Gasteiger charge is -2.18. The van der Waals surface area contributed by atoms with E-state index >= 15 is 0 Å². The van der Waals surface area contributed by atoms with Gasteiger partial charge >= 0.3 is 6.18 Å². The van der Waals surface area contributed by atoms with Gasteiger partial charge in [-0.2, -0.15) is 13.2 Å². The van der Waals surface area contributed by atoms with E-state index in [0.29, 0.717) is 5.56 Å². The predicted octanol–water partition coefficient (Wildman–Crippen LogP) is 2.51. The summed E-state index contributed by atoms with van der Waals surface area (Å²) in [4.78, 5) is 0. The van der Waals surface area contributed by atoms with Crippen molar-refractivity contribution in [1.82, 2.24) is 0 Å². The van der Waals surface area contributed by atoms with Crippen LogP contribution in [-0.4, -0.2) is 24.5 Å². The first kappa shape index (κ1) is 11.8. The molecule has 0 aliphatic rings. The minimum absolute atomic E-state index is 0.0514. The fraction of sp³-hybridized carbons (Fsp3) is 0.400. The summed E-state index contributed by atoms with van der Waals surface area (Å²) < 4.78 is 41.3. The van der Waals surface area contributed by atoms with Gasteiger partial charge in [0.1, 0.15) is 5.75 Å². The third-order valence-electron chi connectivity index (χ3n) is 1.98. The van der Waals surface area contributed by atoms with Gasteiger partial charge in [-0.1, -0.05) is 12.1 Å². The fourth-order valence-corrected chi connectivity index (χ4v) is 1.23. The number of ether oxygens (including phenoxy) is 1. The van der Waals surface area contributed by atoms with E-state index < -0.39 is 12.3 Å². The summed E-state index contributed by atoms with van der Waals surface area (Å²) in [6.07, 6.45) is -6.52. The van der Waals surface area contributed by atoms with Gasteiger partial charge in [-0.05, 0) is 17.7 Å². The molecule has 1 atom stereocenters. The van der Waals surface area contributed by atoms with E-state index in [1.165, 1.54) is 24.3 Å². The van der Waals surface area contributed by atoms with Crippen LogP contribution in [0.1, 0.15) is 5.56 Å². The number of benzene rings is 1. The summed E-state index contributed by atoms with van der Waals surface area (Å²) in [6.45, 7) is 0. The lowest BCUT2D eigenvalue weighted by molar-refractivity contribution is -0.212. The SMILES string of the molecule is COC(Cc1cccc(O)c1)C(F)(F)F. The smallest absolute Gasteiger partial charge is 0.414 e. The maximum Gasteiger partial charge on any atom is 0.414 e. The lowest BCUT2D eigenvalue weighted by atomic mass is 10.1. The molecule has 0 aromatic heterocycles. The van der Waals surface area contributed by atoms with Gasteiger partial charge in [0, 0.05) is 13.5 Å². The molecule has 15 heavy (non-hydrogen) atoms. The Morgan fingerprint density at radius 3 is 2.53 bits per heavy atom. The number of hydrogen-bond acceptors (Lipinski definition) is 2. The van der Waals surface area contributed by atoms with Crippen molar-refractivity contribution in [2.45, 2.75) is 18.7 Å². The molecule has 0 fully saturated rings. The number of aromatic hydroxyl groups is 1. The van der Waals surface area contributed by atoms with E-state index in [9.17, 15) is 13.2 Å². The van der Waals surface area contributed by atoms with Crippen molar-refractivity contribution in [3.05, 3.63) is 29.8 Å². The second-order valence-corrected chi connectivity index (χ2v) is 3.14. The highest BCUT2D eigenvalue weighted by molar-refractivity contribution is 5.27. The van der Waals surface area contributed by atoms with Crippen LogP contribution in [0.25, 0.3) is 0 Å². The van der Waals surface area contributed by atoms with E-state index in [2.05, 4.69) is 4.74 Å². The minimum atomic E-state index is -4.39. The number of halogens is 3. The Kier molecular flexibility index (Phi) is 3.57. The average Bonchev–Trinajstić information content (AvgIpc) is 2.12. The second kappa shape index (κ2) is 4.53. The average molecular weight is 220 g/mol. The van der Waals surface area contributed by atoms with Crippen LogP contribution < -0.4 is 0 Å². The molecule has 1 N–H and O–H groups in total. The molecule has 0 saturated heterocycles. The number of alkyl halides is 3. The molecule has 0 bridgehead atoms. The van der Waals surface area contributed by atoms with Crippen molar-refractivity contribution in [2.24, 2.45) is 0 Å². The number of methoxy groups -OCH3 is 1.